The molecule has 1 saturated heterocycles. The zero-order chi connectivity index (χ0) is 8.32. The van der Waals surface area contributed by atoms with Crippen LogP contribution in [0.1, 0.15) is 20.3 Å². The summed E-state index contributed by atoms with van der Waals surface area (Å²) < 4.78 is 0. The monoisotopic (exact) mass is 158 g/mol. The van der Waals surface area contributed by atoms with Gasteiger partial charge >= 0.3 is 0 Å². The van der Waals surface area contributed by atoms with E-state index in [9.17, 15) is 0 Å². The SMILES string of the molecule is CC(O)CNC1(C)CCNC1. The molecular formula is C8H18N2O. The highest BCUT2D eigenvalue weighted by Gasteiger charge is 2.27. The van der Waals surface area contributed by atoms with Crippen molar-refractivity contribution in [3.8, 4) is 0 Å². The van der Waals surface area contributed by atoms with Gasteiger partial charge in [-0.25, -0.2) is 0 Å². The highest BCUT2D eigenvalue weighted by Crippen LogP contribution is 2.12. The minimum absolute atomic E-state index is 0.205. The van der Waals surface area contributed by atoms with Crippen molar-refractivity contribution in [2.75, 3.05) is 19.6 Å². The van der Waals surface area contributed by atoms with Crippen LogP contribution in [-0.2, 0) is 0 Å². The molecule has 1 rings (SSSR count). The van der Waals surface area contributed by atoms with Crippen LogP contribution in [0, 0.1) is 0 Å². The van der Waals surface area contributed by atoms with Crippen LogP contribution in [-0.4, -0.2) is 36.4 Å². The van der Waals surface area contributed by atoms with Gasteiger partial charge in [0.25, 0.3) is 0 Å². The Morgan fingerprint density at radius 3 is 2.91 bits per heavy atom. The molecule has 0 aromatic heterocycles. The summed E-state index contributed by atoms with van der Waals surface area (Å²) in [4.78, 5) is 0. The fraction of sp³-hybridized carbons (Fsp3) is 1.00. The summed E-state index contributed by atoms with van der Waals surface area (Å²) >= 11 is 0. The molecule has 2 atom stereocenters. The molecule has 66 valence electrons. The van der Waals surface area contributed by atoms with Crippen molar-refractivity contribution < 1.29 is 5.11 Å². The standard InChI is InChI=1S/C8H18N2O/c1-7(11)5-10-8(2)3-4-9-6-8/h7,9-11H,3-6H2,1-2H3. The molecule has 0 amide bonds. The molecule has 0 saturated carbocycles. The third-order valence-corrected chi connectivity index (χ3v) is 2.19. The highest BCUT2D eigenvalue weighted by atomic mass is 16.3. The summed E-state index contributed by atoms with van der Waals surface area (Å²) in [6.45, 7) is 6.79. The van der Waals surface area contributed by atoms with E-state index in [-0.39, 0.29) is 11.6 Å². The zero-order valence-corrected chi connectivity index (χ0v) is 7.35. The lowest BCUT2D eigenvalue weighted by molar-refractivity contribution is 0.176. The van der Waals surface area contributed by atoms with Crippen molar-refractivity contribution in [3.63, 3.8) is 0 Å². The van der Waals surface area contributed by atoms with Gasteiger partial charge in [-0.05, 0) is 26.8 Å². The Balaban J connectivity index is 2.23. The number of β-amino-alcohol motifs (C(OH)–C–C–N with tert-alkyl or cyclic N) is 1. The lowest BCUT2D eigenvalue weighted by atomic mass is 10.0. The van der Waals surface area contributed by atoms with E-state index in [4.69, 9.17) is 5.11 Å². The molecule has 0 aromatic rings. The topological polar surface area (TPSA) is 44.3 Å². The van der Waals surface area contributed by atoms with Gasteiger partial charge in [0.2, 0.25) is 0 Å². The van der Waals surface area contributed by atoms with Crippen molar-refractivity contribution in [2.24, 2.45) is 0 Å². The minimum Gasteiger partial charge on any atom is -0.392 e. The predicted molar refractivity (Wildman–Crippen MR) is 45.6 cm³/mol. The van der Waals surface area contributed by atoms with E-state index in [0.717, 1.165) is 19.5 Å². The van der Waals surface area contributed by atoms with Crippen LogP contribution < -0.4 is 10.6 Å². The molecule has 11 heavy (non-hydrogen) atoms. The van der Waals surface area contributed by atoms with Gasteiger partial charge < -0.3 is 15.7 Å². The van der Waals surface area contributed by atoms with Crippen LogP contribution in [0.15, 0.2) is 0 Å². The van der Waals surface area contributed by atoms with E-state index in [1.165, 1.54) is 0 Å². The third-order valence-electron chi connectivity index (χ3n) is 2.19. The molecule has 0 radical (unpaired) electrons. The first-order chi connectivity index (χ1) is 5.12. The Kier molecular flexibility index (Phi) is 2.87. The second-order valence-corrected chi connectivity index (χ2v) is 3.72. The van der Waals surface area contributed by atoms with Crippen molar-refractivity contribution in [3.05, 3.63) is 0 Å². The van der Waals surface area contributed by atoms with E-state index in [1.807, 2.05) is 0 Å². The lowest BCUT2D eigenvalue weighted by Gasteiger charge is -2.25. The molecule has 0 spiro atoms. The number of nitrogens with one attached hydrogen (secondary N) is 2. The smallest absolute Gasteiger partial charge is 0.0636 e. The number of hydrogen-bond acceptors (Lipinski definition) is 3. The summed E-state index contributed by atoms with van der Waals surface area (Å²) in [5, 5.41) is 15.7. The van der Waals surface area contributed by atoms with Crippen LogP contribution in [0.4, 0.5) is 0 Å². The molecule has 0 aromatic carbocycles. The van der Waals surface area contributed by atoms with Gasteiger partial charge in [0.15, 0.2) is 0 Å². The number of rotatable bonds is 3. The van der Waals surface area contributed by atoms with E-state index in [0.29, 0.717) is 6.54 Å². The van der Waals surface area contributed by atoms with E-state index in [2.05, 4.69) is 17.6 Å². The van der Waals surface area contributed by atoms with Crippen molar-refractivity contribution in [1.82, 2.24) is 10.6 Å². The Hall–Kier alpha value is -0.120. The number of aliphatic hydroxyl groups excluding tert-OH is 1. The van der Waals surface area contributed by atoms with Gasteiger partial charge in [0, 0.05) is 18.6 Å². The minimum atomic E-state index is -0.243. The van der Waals surface area contributed by atoms with Crippen LogP contribution >= 0.6 is 0 Å². The highest BCUT2D eigenvalue weighted by molar-refractivity contribution is 4.91. The fourth-order valence-corrected chi connectivity index (χ4v) is 1.36. The Morgan fingerprint density at radius 2 is 2.45 bits per heavy atom. The molecule has 3 N–H and O–H groups in total. The first-order valence-corrected chi connectivity index (χ1v) is 4.26. The molecule has 0 bridgehead atoms. The molecule has 1 heterocycles. The average molecular weight is 158 g/mol. The van der Waals surface area contributed by atoms with Crippen molar-refractivity contribution in [1.29, 1.82) is 0 Å². The molecular weight excluding hydrogens is 140 g/mol. The number of aliphatic hydroxyl groups is 1. The Bertz CT molecular complexity index is 119. The molecule has 3 heteroatoms. The van der Waals surface area contributed by atoms with E-state index >= 15 is 0 Å². The quantitative estimate of drug-likeness (QED) is 0.529. The number of hydrogen-bond donors (Lipinski definition) is 3. The van der Waals surface area contributed by atoms with Gasteiger partial charge in [-0.1, -0.05) is 0 Å². The van der Waals surface area contributed by atoms with Gasteiger partial charge in [0.1, 0.15) is 0 Å². The Labute approximate surface area is 68.2 Å². The van der Waals surface area contributed by atoms with Gasteiger partial charge in [-0.2, -0.15) is 0 Å². The zero-order valence-electron chi connectivity index (χ0n) is 7.35. The first kappa shape index (κ1) is 8.97. The first-order valence-electron chi connectivity index (χ1n) is 4.26. The van der Waals surface area contributed by atoms with E-state index in [1.54, 1.807) is 6.92 Å². The second-order valence-electron chi connectivity index (χ2n) is 3.72. The van der Waals surface area contributed by atoms with Crippen LogP contribution in [0.2, 0.25) is 0 Å². The molecule has 1 aliphatic heterocycles. The summed E-state index contributed by atoms with van der Waals surface area (Å²) in [7, 11) is 0. The molecule has 1 aliphatic rings. The molecule has 2 unspecified atom stereocenters. The largest absolute Gasteiger partial charge is 0.392 e. The average Bonchev–Trinajstić information content (AvgIpc) is 2.33. The summed E-state index contributed by atoms with van der Waals surface area (Å²) in [6.07, 6.45) is 0.909. The predicted octanol–water partition coefficient (Wildman–Crippen LogP) is -0.291. The fourth-order valence-electron chi connectivity index (χ4n) is 1.36. The second kappa shape index (κ2) is 3.52. The molecule has 1 fully saturated rings. The maximum absolute atomic E-state index is 9.04. The van der Waals surface area contributed by atoms with Crippen LogP contribution in [0.25, 0.3) is 0 Å². The van der Waals surface area contributed by atoms with E-state index < -0.39 is 0 Å². The summed E-state index contributed by atoms with van der Waals surface area (Å²) in [6, 6.07) is 0. The summed E-state index contributed by atoms with van der Waals surface area (Å²) in [5.41, 5.74) is 0.205. The van der Waals surface area contributed by atoms with Gasteiger partial charge in [-0.15, -0.1) is 0 Å². The normalized spacial score (nSPS) is 34.1. The summed E-state index contributed by atoms with van der Waals surface area (Å²) in [5.74, 6) is 0. The van der Waals surface area contributed by atoms with Crippen molar-refractivity contribution >= 4 is 0 Å². The molecule has 3 nitrogen and oxygen atoms in total. The Morgan fingerprint density at radius 1 is 1.73 bits per heavy atom. The third kappa shape index (κ3) is 2.77. The van der Waals surface area contributed by atoms with Crippen LogP contribution in [0.3, 0.4) is 0 Å². The molecule has 0 aliphatic carbocycles. The van der Waals surface area contributed by atoms with Crippen molar-refractivity contribution in [2.45, 2.75) is 31.9 Å². The maximum Gasteiger partial charge on any atom is 0.0636 e. The van der Waals surface area contributed by atoms with Crippen LogP contribution in [0.5, 0.6) is 0 Å². The maximum atomic E-state index is 9.04. The van der Waals surface area contributed by atoms with Gasteiger partial charge in [0.05, 0.1) is 6.10 Å². The van der Waals surface area contributed by atoms with Gasteiger partial charge in [-0.3, -0.25) is 0 Å². The lowest BCUT2D eigenvalue weighted by Crippen LogP contribution is -2.46.